The van der Waals surface area contributed by atoms with Crippen molar-refractivity contribution in [3.05, 3.63) is 24.3 Å². The van der Waals surface area contributed by atoms with E-state index in [0.29, 0.717) is 12.2 Å². The van der Waals surface area contributed by atoms with E-state index in [4.69, 9.17) is 4.74 Å². The van der Waals surface area contributed by atoms with Crippen LogP contribution in [0.1, 0.15) is 78.1 Å². The zero-order valence-electron chi connectivity index (χ0n) is 12.9. The van der Waals surface area contributed by atoms with Crippen molar-refractivity contribution in [3.8, 4) is 0 Å². The molecule has 0 bridgehead atoms. The van der Waals surface area contributed by atoms with Crippen LogP contribution in [0.15, 0.2) is 24.3 Å². The summed E-state index contributed by atoms with van der Waals surface area (Å²) >= 11 is 0. The lowest BCUT2D eigenvalue weighted by atomic mass is 10.1. The molecule has 0 aromatic heterocycles. The SMILES string of the molecule is CC/C=C\C/C=C\C[C@H]1O[C@@H]1CCCCCCCC. The first-order valence-corrected chi connectivity index (χ1v) is 8.34. The molecule has 0 aromatic carbocycles. The monoisotopic (exact) mass is 264 g/mol. The van der Waals surface area contributed by atoms with Gasteiger partial charge in [0.1, 0.15) is 0 Å². The van der Waals surface area contributed by atoms with Gasteiger partial charge in [-0.3, -0.25) is 0 Å². The van der Waals surface area contributed by atoms with Gasteiger partial charge in [-0.15, -0.1) is 0 Å². The van der Waals surface area contributed by atoms with Crippen molar-refractivity contribution in [1.82, 2.24) is 0 Å². The number of rotatable bonds is 12. The van der Waals surface area contributed by atoms with Crippen molar-refractivity contribution in [2.75, 3.05) is 0 Å². The van der Waals surface area contributed by atoms with E-state index in [-0.39, 0.29) is 0 Å². The van der Waals surface area contributed by atoms with E-state index in [2.05, 4.69) is 38.2 Å². The Bertz CT molecular complexity index is 254. The van der Waals surface area contributed by atoms with Crippen molar-refractivity contribution >= 4 is 0 Å². The summed E-state index contributed by atoms with van der Waals surface area (Å²) in [6.45, 7) is 4.44. The van der Waals surface area contributed by atoms with Crippen molar-refractivity contribution in [2.45, 2.75) is 90.3 Å². The Morgan fingerprint density at radius 1 is 0.789 bits per heavy atom. The smallest absolute Gasteiger partial charge is 0.0876 e. The number of allylic oxidation sites excluding steroid dienone is 3. The van der Waals surface area contributed by atoms with Crippen LogP contribution in [0.2, 0.25) is 0 Å². The first kappa shape index (κ1) is 16.5. The Morgan fingerprint density at radius 3 is 2.32 bits per heavy atom. The topological polar surface area (TPSA) is 12.5 Å². The van der Waals surface area contributed by atoms with Crippen LogP contribution >= 0.6 is 0 Å². The van der Waals surface area contributed by atoms with Crippen molar-refractivity contribution in [1.29, 1.82) is 0 Å². The molecule has 1 aliphatic heterocycles. The van der Waals surface area contributed by atoms with Gasteiger partial charge < -0.3 is 4.74 Å². The maximum atomic E-state index is 5.70. The zero-order chi connectivity index (χ0) is 13.8. The van der Waals surface area contributed by atoms with Crippen LogP contribution in [0.4, 0.5) is 0 Å². The largest absolute Gasteiger partial charge is 0.369 e. The summed E-state index contributed by atoms with van der Waals surface area (Å²) in [4.78, 5) is 0. The van der Waals surface area contributed by atoms with Crippen LogP contribution in [0, 0.1) is 0 Å². The lowest BCUT2D eigenvalue weighted by Crippen LogP contribution is -1.92. The predicted octanol–water partition coefficient (Wildman–Crippen LogP) is 5.81. The average molecular weight is 264 g/mol. The molecule has 2 atom stereocenters. The number of unbranched alkanes of at least 4 members (excludes halogenated alkanes) is 5. The third kappa shape index (κ3) is 9.04. The van der Waals surface area contributed by atoms with Gasteiger partial charge in [-0.05, 0) is 25.7 Å². The second-order valence-electron chi connectivity index (χ2n) is 5.59. The molecule has 0 amide bonds. The lowest BCUT2D eigenvalue weighted by Gasteiger charge is -1.98. The summed E-state index contributed by atoms with van der Waals surface area (Å²) in [6.07, 6.45) is 23.0. The third-order valence-corrected chi connectivity index (χ3v) is 3.74. The fourth-order valence-electron chi connectivity index (χ4n) is 2.43. The molecular formula is C18H32O. The summed E-state index contributed by atoms with van der Waals surface area (Å²) in [5.41, 5.74) is 0. The molecule has 110 valence electrons. The highest BCUT2D eigenvalue weighted by Gasteiger charge is 2.36. The van der Waals surface area contributed by atoms with Crippen molar-refractivity contribution in [2.24, 2.45) is 0 Å². The molecule has 0 aliphatic carbocycles. The molecule has 1 nitrogen and oxygen atoms in total. The van der Waals surface area contributed by atoms with Gasteiger partial charge >= 0.3 is 0 Å². The predicted molar refractivity (Wildman–Crippen MR) is 84.5 cm³/mol. The molecular weight excluding hydrogens is 232 g/mol. The summed E-state index contributed by atoms with van der Waals surface area (Å²) in [5.74, 6) is 0. The molecule has 0 aromatic rings. The summed E-state index contributed by atoms with van der Waals surface area (Å²) in [6, 6.07) is 0. The van der Waals surface area contributed by atoms with E-state index in [1.54, 1.807) is 0 Å². The molecule has 0 saturated carbocycles. The third-order valence-electron chi connectivity index (χ3n) is 3.74. The fourth-order valence-corrected chi connectivity index (χ4v) is 2.43. The fraction of sp³-hybridized carbons (Fsp3) is 0.778. The number of ether oxygens (including phenoxy) is 1. The van der Waals surface area contributed by atoms with Gasteiger partial charge in [0.25, 0.3) is 0 Å². The van der Waals surface area contributed by atoms with Crippen molar-refractivity contribution < 1.29 is 4.74 Å². The van der Waals surface area contributed by atoms with Gasteiger partial charge in [-0.2, -0.15) is 0 Å². The van der Waals surface area contributed by atoms with Crippen LogP contribution in [-0.4, -0.2) is 12.2 Å². The number of hydrogen-bond donors (Lipinski definition) is 0. The van der Waals surface area contributed by atoms with E-state index < -0.39 is 0 Å². The first-order valence-electron chi connectivity index (χ1n) is 8.34. The molecule has 1 saturated heterocycles. The minimum Gasteiger partial charge on any atom is -0.369 e. The molecule has 19 heavy (non-hydrogen) atoms. The van der Waals surface area contributed by atoms with Gasteiger partial charge in [0, 0.05) is 0 Å². The highest BCUT2D eigenvalue weighted by Crippen LogP contribution is 2.30. The summed E-state index contributed by atoms with van der Waals surface area (Å²) in [5, 5.41) is 0. The van der Waals surface area contributed by atoms with E-state index in [1.165, 1.54) is 44.9 Å². The Balaban J connectivity index is 1.87. The Hall–Kier alpha value is -0.560. The van der Waals surface area contributed by atoms with Crippen LogP contribution < -0.4 is 0 Å². The normalized spacial score (nSPS) is 22.6. The molecule has 1 aliphatic rings. The molecule has 1 heterocycles. The molecule has 0 unspecified atom stereocenters. The highest BCUT2D eigenvalue weighted by atomic mass is 16.6. The van der Waals surface area contributed by atoms with E-state index in [1.807, 2.05) is 0 Å². The first-order chi connectivity index (χ1) is 9.38. The summed E-state index contributed by atoms with van der Waals surface area (Å²) in [7, 11) is 0. The minimum absolute atomic E-state index is 0.530. The van der Waals surface area contributed by atoms with E-state index in [0.717, 1.165) is 19.3 Å². The Labute approximate surface area is 120 Å². The second kappa shape index (κ2) is 11.3. The maximum absolute atomic E-state index is 5.70. The second-order valence-corrected chi connectivity index (χ2v) is 5.59. The van der Waals surface area contributed by atoms with E-state index in [9.17, 15) is 0 Å². The maximum Gasteiger partial charge on any atom is 0.0876 e. The van der Waals surface area contributed by atoms with Crippen molar-refractivity contribution in [3.63, 3.8) is 0 Å². The standard InChI is InChI=1S/C18H32O/c1-3-5-7-9-11-13-15-17-18(19-17)16-14-12-10-8-6-4-2/h5,7,11,13,17-18H,3-4,6,8-10,12,14-16H2,1-2H3/b7-5-,13-11-/t17-,18-/m1/s1. The van der Waals surface area contributed by atoms with Crippen LogP contribution in [0.25, 0.3) is 0 Å². The molecule has 1 heteroatoms. The van der Waals surface area contributed by atoms with Gasteiger partial charge in [-0.1, -0.05) is 76.7 Å². The molecule has 1 rings (SSSR count). The summed E-state index contributed by atoms with van der Waals surface area (Å²) < 4.78 is 5.70. The highest BCUT2D eigenvalue weighted by molar-refractivity contribution is 4.97. The molecule has 1 fully saturated rings. The Kier molecular flexibility index (Phi) is 9.79. The van der Waals surface area contributed by atoms with Crippen LogP contribution in [-0.2, 0) is 4.74 Å². The van der Waals surface area contributed by atoms with Crippen LogP contribution in [0.5, 0.6) is 0 Å². The molecule has 0 radical (unpaired) electrons. The van der Waals surface area contributed by atoms with Gasteiger partial charge in [0.2, 0.25) is 0 Å². The molecule has 0 spiro atoms. The average Bonchev–Trinajstić information content (AvgIpc) is 3.16. The lowest BCUT2D eigenvalue weighted by molar-refractivity contribution is 0.358. The zero-order valence-corrected chi connectivity index (χ0v) is 12.9. The van der Waals surface area contributed by atoms with Gasteiger partial charge in [-0.25, -0.2) is 0 Å². The van der Waals surface area contributed by atoms with Crippen LogP contribution in [0.3, 0.4) is 0 Å². The minimum atomic E-state index is 0.530. The van der Waals surface area contributed by atoms with E-state index >= 15 is 0 Å². The number of hydrogen-bond acceptors (Lipinski definition) is 1. The van der Waals surface area contributed by atoms with Gasteiger partial charge in [0.15, 0.2) is 0 Å². The number of epoxide rings is 1. The quantitative estimate of drug-likeness (QED) is 0.246. The molecule has 0 N–H and O–H groups in total. The Morgan fingerprint density at radius 2 is 1.53 bits per heavy atom. The van der Waals surface area contributed by atoms with Gasteiger partial charge in [0.05, 0.1) is 12.2 Å².